The molecule has 0 bridgehead atoms. The Labute approximate surface area is 132 Å². The van der Waals surface area contributed by atoms with Crippen LogP contribution in [0.4, 0.5) is 5.82 Å². The van der Waals surface area contributed by atoms with Crippen molar-refractivity contribution in [2.24, 2.45) is 0 Å². The number of anilines is 1. The van der Waals surface area contributed by atoms with Crippen LogP contribution < -0.4 is 4.90 Å². The minimum atomic E-state index is -1.15. The molecule has 110 valence electrons. The highest BCUT2D eigenvalue weighted by Crippen LogP contribution is 2.27. The fourth-order valence-electron chi connectivity index (χ4n) is 1.97. The maximum atomic E-state index is 11.1. The van der Waals surface area contributed by atoms with Gasteiger partial charge in [0, 0.05) is 12.1 Å². The second kappa shape index (κ2) is 6.33. The first-order valence-corrected chi connectivity index (χ1v) is 7.04. The molecule has 0 radical (unpaired) electrons. The minimum absolute atomic E-state index is 0.0148. The minimum Gasteiger partial charge on any atom is -0.476 e. The second-order valence-electron chi connectivity index (χ2n) is 4.65. The zero-order chi connectivity index (χ0) is 15.6. The van der Waals surface area contributed by atoms with Crippen molar-refractivity contribution in [3.8, 4) is 0 Å². The molecule has 0 fully saturated rings. The van der Waals surface area contributed by atoms with Crippen LogP contribution in [0.1, 0.15) is 29.0 Å². The highest BCUT2D eigenvalue weighted by Gasteiger charge is 2.17. The van der Waals surface area contributed by atoms with Gasteiger partial charge in [0.05, 0.1) is 11.1 Å². The maximum absolute atomic E-state index is 11.1. The molecule has 0 aliphatic carbocycles. The molecule has 1 aromatic carbocycles. The summed E-state index contributed by atoms with van der Waals surface area (Å²) in [6.07, 6.45) is 0. The van der Waals surface area contributed by atoms with E-state index in [1.54, 1.807) is 12.1 Å². The zero-order valence-corrected chi connectivity index (χ0v) is 13.1. The first-order chi connectivity index (χ1) is 9.90. The number of carbonyl (C=O) groups is 1. The summed E-state index contributed by atoms with van der Waals surface area (Å²) in [6.45, 7) is 1.99. The third kappa shape index (κ3) is 3.46. The smallest absolute Gasteiger partial charge is 0.356 e. The molecule has 21 heavy (non-hydrogen) atoms. The monoisotopic (exact) mass is 324 g/mol. The molecule has 1 atom stereocenters. The van der Waals surface area contributed by atoms with Gasteiger partial charge in [0.25, 0.3) is 0 Å². The molecule has 0 amide bonds. The Bertz CT molecular complexity index is 676. The van der Waals surface area contributed by atoms with Gasteiger partial charge in [0.2, 0.25) is 0 Å². The molecule has 0 saturated carbocycles. The number of pyridine rings is 1. The lowest BCUT2D eigenvalue weighted by atomic mass is 10.1. The van der Waals surface area contributed by atoms with Crippen molar-refractivity contribution in [1.82, 2.24) is 4.98 Å². The number of hydrogen-bond donors (Lipinski definition) is 1. The molecule has 1 N–H and O–H groups in total. The molecule has 1 heterocycles. The lowest BCUT2D eigenvalue weighted by molar-refractivity contribution is 0.0691. The predicted octanol–water partition coefficient (Wildman–Crippen LogP) is 4.28. The van der Waals surface area contributed by atoms with Crippen molar-refractivity contribution in [1.29, 1.82) is 0 Å². The van der Waals surface area contributed by atoms with E-state index in [2.05, 4.69) is 4.98 Å². The third-order valence-corrected chi connectivity index (χ3v) is 3.85. The van der Waals surface area contributed by atoms with Crippen LogP contribution in [0.25, 0.3) is 0 Å². The molecule has 0 aliphatic rings. The van der Waals surface area contributed by atoms with Crippen LogP contribution in [0.5, 0.6) is 0 Å². The van der Waals surface area contributed by atoms with Crippen LogP contribution in [0.3, 0.4) is 0 Å². The highest BCUT2D eigenvalue weighted by atomic mass is 35.5. The molecule has 0 spiro atoms. The fraction of sp³-hybridized carbons (Fsp3) is 0.200. The van der Waals surface area contributed by atoms with E-state index in [4.69, 9.17) is 28.3 Å². The molecule has 6 heteroatoms. The van der Waals surface area contributed by atoms with Crippen LogP contribution in [0.2, 0.25) is 10.0 Å². The van der Waals surface area contributed by atoms with Gasteiger partial charge >= 0.3 is 5.97 Å². The number of aromatic nitrogens is 1. The van der Waals surface area contributed by atoms with Gasteiger partial charge < -0.3 is 10.0 Å². The number of carboxylic acid groups (broad SMARTS) is 1. The van der Waals surface area contributed by atoms with Gasteiger partial charge in [-0.1, -0.05) is 35.3 Å². The van der Waals surface area contributed by atoms with E-state index >= 15 is 0 Å². The summed E-state index contributed by atoms with van der Waals surface area (Å²) >= 11 is 11.8. The largest absolute Gasteiger partial charge is 0.476 e. The predicted molar refractivity (Wildman–Crippen MR) is 84.5 cm³/mol. The lowest BCUT2D eigenvalue weighted by Crippen LogP contribution is -2.23. The van der Waals surface area contributed by atoms with E-state index in [1.807, 2.05) is 37.1 Å². The Kier molecular flexibility index (Phi) is 4.70. The fourth-order valence-corrected chi connectivity index (χ4v) is 2.35. The van der Waals surface area contributed by atoms with Crippen LogP contribution in [0.15, 0.2) is 36.4 Å². The van der Waals surface area contributed by atoms with Gasteiger partial charge in [0.1, 0.15) is 5.82 Å². The van der Waals surface area contributed by atoms with Crippen LogP contribution >= 0.6 is 23.2 Å². The van der Waals surface area contributed by atoms with Crippen LogP contribution in [0, 0.1) is 0 Å². The number of carboxylic acids is 1. The van der Waals surface area contributed by atoms with Gasteiger partial charge in [-0.3, -0.25) is 0 Å². The second-order valence-corrected chi connectivity index (χ2v) is 5.49. The number of benzene rings is 1. The SMILES string of the molecule is CC(c1cccc(Cl)c1)N(C)c1ccc(Cl)c(C(=O)O)n1. The van der Waals surface area contributed by atoms with E-state index in [0.717, 1.165) is 5.56 Å². The molecular formula is C15H14Cl2N2O2. The van der Waals surface area contributed by atoms with Gasteiger partial charge in [-0.15, -0.1) is 0 Å². The number of nitrogens with zero attached hydrogens (tertiary/aromatic N) is 2. The van der Waals surface area contributed by atoms with E-state index < -0.39 is 5.97 Å². The summed E-state index contributed by atoms with van der Waals surface area (Å²) in [6, 6.07) is 10.7. The van der Waals surface area contributed by atoms with Crippen molar-refractivity contribution < 1.29 is 9.90 Å². The quantitative estimate of drug-likeness (QED) is 0.911. The topological polar surface area (TPSA) is 53.4 Å². The van der Waals surface area contributed by atoms with Crippen molar-refractivity contribution in [3.05, 3.63) is 57.7 Å². The van der Waals surface area contributed by atoms with Gasteiger partial charge in [-0.2, -0.15) is 0 Å². The van der Waals surface area contributed by atoms with Crippen molar-refractivity contribution in [2.45, 2.75) is 13.0 Å². The molecule has 2 rings (SSSR count). The molecule has 0 saturated heterocycles. The normalized spacial score (nSPS) is 12.0. The Balaban J connectivity index is 2.33. The summed E-state index contributed by atoms with van der Waals surface area (Å²) < 4.78 is 0. The lowest BCUT2D eigenvalue weighted by Gasteiger charge is -2.26. The van der Waals surface area contributed by atoms with Crippen molar-refractivity contribution in [3.63, 3.8) is 0 Å². The molecular weight excluding hydrogens is 311 g/mol. The summed E-state index contributed by atoms with van der Waals surface area (Å²) in [5.74, 6) is -0.616. The highest BCUT2D eigenvalue weighted by molar-refractivity contribution is 6.33. The van der Waals surface area contributed by atoms with Gasteiger partial charge in [-0.25, -0.2) is 9.78 Å². The first kappa shape index (κ1) is 15.6. The Morgan fingerprint density at radius 3 is 2.62 bits per heavy atom. The number of rotatable bonds is 4. The number of halogens is 2. The molecule has 1 unspecified atom stereocenters. The maximum Gasteiger partial charge on any atom is 0.356 e. The number of aromatic carboxylic acids is 1. The number of hydrogen-bond acceptors (Lipinski definition) is 3. The standard InChI is InChI=1S/C15H14Cl2N2O2/c1-9(10-4-3-5-11(16)8-10)19(2)13-7-6-12(17)14(18-13)15(20)21/h3-9H,1-2H3,(H,20,21). The molecule has 4 nitrogen and oxygen atoms in total. The molecule has 0 aliphatic heterocycles. The summed E-state index contributed by atoms with van der Waals surface area (Å²) in [7, 11) is 1.84. The molecule has 2 aromatic rings. The van der Waals surface area contributed by atoms with Gasteiger partial charge in [-0.05, 0) is 36.8 Å². The summed E-state index contributed by atoms with van der Waals surface area (Å²) in [4.78, 5) is 17.1. The molecule has 1 aromatic heterocycles. The van der Waals surface area contributed by atoms with Crippen LogP contribution in [-0.2, 0) is 0 Å². The summed E-state index contributed by atoms with van der Waals surface area (Å²) in [5.41, 5.74) is 0.859. The first-order valence-electron chi connectivity index (χ1n) is 6.28. The van der Waals surface area contributed by atoms with E-state index in [-0.39, 0.29) is 16.8 Å². The zero-order valence-electron chi connectivity index (χ0n) is 11.5. The van der Waals surface area contributed by atoms with Crippen molar-refractivity contribution in [2.75, 3.05) is 11.9 Å². The Morgan fingerprint density at radius 1 is 1.29 bits per heavy atom. The third-order valence-electron chi connectivity index (χ3n) is 3.31. The Morgan fingerprint density at radius 2 is 2.00 bits per heavy atom. The van der Waals surface area contributed by atoms with Crippen molar-refractivity contribution >= 4 is 35.0 Å². The van der Waals surface area contributed by atoms with Crippen LogP contribution in [-0.4, -0.2) is 23.1 Å². The average Bonchev–Trinajstić information content (AvgIpc) is 2.46. The van der Waals surface area contributed by atoms with Gasteiger partial charge in [0.15, 0.2) is 5.69 Å². The van der Waals surface area contributed by atoms with E-state index in [1.165, 1.54) is 6.07 Å². The van der Waals surface area contributed by atoms with E-state index in [0.29, 0.717) is 10.8 Å². The van der Waals surface area contributed by atoms with E-state index in [9.17, 15) is 4.79 Å². The summed E-state index contributed by atoms with van der Waals surface area (Å²) in [5, 5.41) is 9.86. The average molecular weight is 325 g/mol. The Hall–Kier alpha value is -1.78.